The fourth-order valence-corrected chi connectivity index (χ4v) is 2.15. The maximum Gasteiger partial charge on any atom is 0.242 e. The van der Waals surface area contributed by atoms with Crippen molar-refractivity contribution in [2.45, 2.75) is 25.6 Å². The van der Waals surface area contributed by atoms with Crippen molar-refractivity contribution in [3.63, 3.8) is 0 Å². The summed E-state index contributed by atoms with van der Waals surface area (Å²) in [5.74, 6) is 0.0612. The number of morpholine rings is 1. The lowest BCUT2D eigenvalue weighted by molar-refractivity contribution is -0.138. The van der Waals surface area contributed by atoms with Gasteiger partial charge in [0.1, 0.15) is 6.04 Å². The maximum absolute atomic E-state index is 12.3. The second-order valence-electron chi connectivity index (χ2n) is 4.72. The van der Waals surface area contributed by atoms with Crippen LogP contribution in [0.3, 0.4) is 0 Å². The average molecular weight is 325 g/mol. The van der Waals surface area contributed by atoms with Crippen LogP contribution in [0.15, 0.2) is 12.4 Å². The number of aryl methyl sites for hydroxylation is 1. The van der Waals surface area contributed by atoms with Crippen LogP contribution in [-0.2, 0) is 23.1 Å². The molecule has 6 nitrogen and oxygen atoms in total. The van der Waals surface area contributed by atoms with E-state index in [0.717, 1.165) is 12.1 Å². The molecule has 1 aliphatic heterocycles. The highest BCUT2D eigenvalue weighted by Gasteiger charge is 2.30. The van der Waals surface area contributed by atoms with Gasteiger partial charge in [-0.3, -0.25) is 9.48 Å². The molecule has 116 valence electrons. The lowest BCUT2D eigenvalue weighted by atomic mass is 10.1. The van der Waals surface area contributed by atoms with Gasteiger partial charge >= 0.3 is 0 Å². The van der Waals surface area contributed by atoms with Crippen molar-refractivity contribution in [2.24, 2.45) is 7.05 Å². The lowest BCUT2D eigenvalue weighted by Gasteiger charge is -2.32. The minimum absolute atomic E-state index is 0. The van der Waals surface area contributed by atoms with Crippen molar-refractivity contribution in [3.8, 4) is 0 Å². The smallest absolute Gasteiger partial charge is 0.242 e. The van der Waals surface area contributed by atoms with Gasteiger partial charge in [0.05, 0.1) is 18.9 Å². The molecule has 20 heavy (non-hydrogen) atoms. The first-order chi connectivity index (χ1) is 8.58. The first-order valence-corrected chi connectivity index (χ1v) is 6.15. The third-order valence-electron chi connectivity index (χ3n) is 3.14. The van der Waals surface area contributed by atoms with Crippen molar-refractivity contribution >= 4 is 30.7 Å². The minimum Gasteiger partial charge on any atom is -0.375 e. The van der Waals surface area contributed by atoms with Crippen LogP contribution in [0, 0.1) is 0 Å². The van der Waals surface area contributed by atoms with Gasteiger partial charge in [0, 0.05) is 38.9 Å². The summed E-state index contributed by atoms with van der Waals surface area (Å²) in [7, 11) is 3.67. The monoisotopic (exact) mass is 324 g/mol. The summed E-state index contributed by atoms with van der Waals surface area (Å²) in [5.41, 5.74) is 1.03. The number of hydrogen-bond acceptors (Lipinski definition) is 4. The molecule has 0 bridgehead atoms. The maximum atomic E-state index is 12.3. The van der Waals surface area contributed by atoms with E-state index in [4.69, 9.17) is 4.74 Å². The van der Waals surface area contributed by atoms with Crippen molar-refractivity contribution in [1.29, 1.82) is 0 Å². The normalized spacial score (nSPS) is 21.6. The quantitative estimate of drug-likeness (QED) is 0.884. The first kappa shape index (κ1) is 19.2. The lowest BCUT2D eigenvalue weighted by Crippen LogP contribution is -2.55. The van der Waals surface area contributed by atoms with Gasteiger partial charge in [-0.25, -0.2) is 0 Å². The number of hydrogen-bond donors (Lipinski definition) is 1. The number of halogens is 2. The van der Waals surface area contributed by atoms with Gasteiger partial charge in [0.2, 0.25) is 5.91 Å². The number of carbonyl (C=O) groups is 1. The molecular weight excluding hydrogens is 303 g/mol. The summed E-state index contributed by atoms with van der Waals surface area (Å²) in [6, 6.07) is -0.250. The second kappa shape index (κ2) is 8.46. The highest BCUT2D eigenvalue weighted by Crippen LogP contribution is 2.09. The molecule has 8 heteroatoms. The predicted molar refractivity (Wildman–Crippen MR) is 81.4 cm³/mol. The molecule has 1 fully saturated rings. The van der Waals surface area contributed by atoms with E-state index in [2.05, 4.69) is 10.4 Å². The number of rotatable bonds is 3. The zero-order chi connectivity index (χ0) is 13.1. The van der Waals surface area contributed by atoms with Crippen LogP contribution in [0.25, 0.3) is 0 Å². The highest BCUT2D eigenvalue weighted by atomic mass is 35.5. The number of nitrogens with one attached hydrogen (secondary N) is 1. The van der Waals surface area contributed by atoms with E-state index in [1.165, 1.54) is 0 Å². The average Bonchev–Trinajstić information content (AvgIpc) is 2.74. The summed E-state index contributed by atoms with van der Waals surface area (Å²) in [6.45, 7) is 3.88. The zero-order valence-electron chi connectivity index (χ0n) is 11.9. The summed E-state index contributed by atoms with van der Waals surface area (Å²) in [6.07, 6.45) is 3.61. The van der Waals surface area contributed by atoms with Gasteiger partial charge in [0.25, 0.3) is 0 Å². The molecule has 0 spiro atoms. The number of amides is 1. The van der Waals surface area contributed by atoms with E-state index in [1.807, 2.05) is 20.2 Å². The minimum atomic E-state index is -0.250. The Hall–Kier alpha value is -0.820. The van der Waals surface area contributed by atoms with Crippen molar-refractivity contribution in [3.05, 3.63) is 18.0 Å². The van der Waals surface area contributed by atoms with Crippen molar-refractivity contribution < 1.29 is 9.53 Å². The second-order valence-corrected chi connectivity index (χ2v) is 4.72. The van der Waals surface area contributed by atoms with Gasteiger partial charge in [-0.15, -0.1) is 24.8 Å². The van der Waals surface area contributed by atoms with Crippen LogP contribution >= 0.6 is 24.8 Å². The summed E-state index contributed by atoms with van der Waals surface area (Å²) >= 11 is 0. The Bertz CT molecular complexity index is 427. The van der Waals surface area contributed by atoms with E-state index in [1.54, 1.807) is 22.8 Å². The molecule has 1 aromatic heterocycles. The molecule has 1 aromatic rings. The molecule has 1 amide bonds. The Morgan fingerprint density at radius 1 is 1.60 bits per heavy atom. The van der Waals surface area contributed by atoms with Gasteiger partial charge in [-0.1, -0.05) is 0 Å². The Morgan fingerprint density at radius 2 is 2.30 bits per heavy atom. The van der Waals surface area contributed by atoms with Crippen LogP contribution in [0.5, 0.6) is 0 Å². The van der Waals surface area contributed by atoms with Crippen LogP contribution in [0.1, 0.15) is 12.5 Å². The van der Waals surface area contributed by atoms with E-state index in [-0.39, 0.29) is 42.9 Å². The molecule has 1 aliphatic rings. The summed E-state index contributed by atoms with van der Waals surface area (Å²) in [5, 5.41) is 7.30. The third-order valence-corrected chi connectivity index (χ3v) is 3.14. The molecule has 2 atom stereocenters. The summed E-state index contributed by atoms with van der Waals surface area (Å²) < 4.78 is 7.22. The topological polar surface area (TPSA) is 59.4 Å². The molecule has 2 rings (SSSR count). The predicted octanol–water partition coefficient (Wildman–Crippen LogP) is 0.599. The van der Waals surface area contributed by atoms with E-state index < -0.39 is 0 Å². The molecular formula is C12H22Cl2N4O2. The van der Waals surface area contributed by atoms with Crippen LogP contribution in [0.4, 0.5) is 0 Å². The molecule has 1 saturated heterocycles. The van der Waals surface area contributed by atoms with E-state index in [0.29, 0.717) is 13.2 Å². The fourth-order valence-electron chi connectivity index (χ4n) is 2.15. The molecule has 0 aromatic carbocycles. The SMILES string of the molecule is C[C@H]1OCCN[C@@H]1C(=O)N(C)Cc1cnn(C)c1.Cl.Cl. The molecule has 1 N–H and O–H groups in total. The Kier molecular flexibility index (Phi) is 8.12. The number of aromatic nitrogens is 2. The fraction of sp³-hybridized carbons (Fsp3) is 0.667. The van der Waals surface area contributed by atoms with Crippen LogP contribution in [-0.4, -0.2) is 52.9 Å². The molecule has 0 saturated carbocycles. The first-order valence-electron chi connectivity index (χ1n) is 6.15. The molecule has 0 radical (unpaired) electrons. The Labute approximate surface area is 131 Å². The van der Waals surface area contributed by atoms with Crippen LogP contribution < -0.4 is 5.32 Å². The van der Waals surface area contributed by atoms with Gasteiger partial charge < -0.3 is 15.0 Å². The largest absolute Gasteiger partial charge is 0.375 e. The summed E-state index contributed by atoms with van der Waals surface area (Å²) in [4.78, 5) is 14.0. The van der Waals surface area contributed by atoms with E-state index >= 15 is 0 Å². The highest BCUT2D eigenvalue weighted by molar-refractivity contribution is 5.85. The Balaban J connectivity index is 0.00000180. The van der Waals surface area contributed by atoms with Crippen molar-refractivity contribution in [2.75, 3.05) is 20.2 Å². The number of likely N-dealkylation sites (N-methyl/N-ethyl adjacent to an activating group) is 1. The number of nitrogens with zero attached hydrogens (tertiary/aromatic N) is 3. The number of ether oxygens (including phenoxy) is 1. The third kappa shape index (κ3) is 4.63. The molecule has 0 aliphatic carbocycles. The zero-order valence-corrected chi connectivity index (χ0v) is 13.5. The standard InChI is InChI=1S/C12H20N4O2.2ClH/c1-9-11(13-4-5-18-9)12(17)15(2)7-10-6-14-16(3)8-10;;/h6,8-9,11,13H,4-5,7H2,1-3H3;2*1H/t9-,11+;;/m1../s1. The van der Waals surface area contributed by atoms with Gasteiger partial charge in [-0.05, 0) is 6.92 Å². The molecule has 2 heterocycles. The Morgan fingerprint density at radius 3 is 2.85 bits per heavy atom. The molecule has 0 unspecified atom stereocenters. The van der Waals surface area contributed by atoms with Crippen molar-refractivity contribution in [1.82, 2.24) is 20.0 Å². The van der Waals surface area contributed by atoms with E-state index in [9.17, 15) is 4.79 Å². The van der Waals surface area contributed by atoms with Gasteiger partial charge in [-0.2, -0.15) is 5.10 Å². The van der Waals surface area contributed by atoms with Crippen LogP contribution in [0.2, 0.25) is 0 Å². The van der Waals surface area contributed by atoms with Gasteiger partial charge in [0.15, 0.2) is 0 Å². The number of carbonyl (C=O) groups excluding carboxylic acids is 1.